The zero-order chi connectivity index (χ0) is 23.5. The van der Waals surface area contributed by atoms with Crippen molar-refractivity contribution in [3.63, 3.8) is 0 Å². The van der Waals surface area contributed by atoms with Crippen molar-refractivity contribution in [2.24, 2.45) is 0 Å². The van der Waals surface area contributed by atoms with Gasteiger partial charge in [-0.15, -0.1) is 0 Å². The Bertz CT molecular complexity index is 1320. The van der Waals surface area contributed by atoms with Crippen LogP contribution in [0.25, 0.3) is 0 Å². The molecule has 4 aromatic rings. The maximum atomic E-state index is 13.5. The summed E-state index contributed by atoms with van der Waals surface area (Å²) in [6.45, 7) is 2.14. The predicted molar refractivity (Wildman–Crippen MR) is 141 cm³/mol. The highest BCUT2D eigenvalue weighted by atomic mass is 35.5. The topological polar surface area (TPSA) is 99.1 Å². The molecular weight excluding hydrogens is 480 g/mol. The maximum absolute atomic E-state index is 13.5. The lowest BCUT2D eigenvalue weighted by atomic mass is 9.98. The first kappa shape index (κ1) is 25.0. The van der Waals surface area contributed by atoms with Crippen LogP contribution in [-0.4, -0.2) is 22.9 Å². The molecule has 0 radical (unpaired) electrons. The Hall–Kier alpha value is -3.13. The number of halogens is 1. The lowest BCUT2D eigenvalue weighted by molar-refractivity contribution is -0.284. The first-order valence-corrected chi connectivity index (χ1v) is 12.6. The van der Waals surface area contributed by atoms with Crippen LogP contribution in [0, 0.1) is 0 Å². The molecule has 0 spiro atoms. The lowest BCUT2D eigenvalue weighted by Crippen LogP contribution is -2.29. The number of rotatable bonds is 6. The summed E-state index contributed by atoms with van der Waals surface area (Å²) in [4.78, 5) is 16.0. The van der Waals surface area contributed by atoms with E-state index in [0.717, 1.165) is 36.0 Å². The summed E-state index contributed by atoms with van der Waals surface area (Å²) < 4.78 is 1.44. The van der Waals surface area contributed by atoms with Crippen molar-refractivity contribution in [1.29, 1.82) is 0 Å². The molecule has 3 aromatic carbocycles. The van der Waals surface area contributed by atoms with Gasteiger partial charge in [-0.1, -0.05) is 78.0 Å². The molecule has 1 aromatic heterocycles. The number of hydrogen-bond donors (Lipinski definition) is 2. The Kier molecular flexibility index (Phi) is 7.90. The van der Waals surface area contributed by atoms with E-state index in [1.54, 1.807) is 12.1 Å². The van der Waals surface area contributed by atoms with Crippen molar-refractivity contribution in [3.05, 3.63) is 105 Å². The number of aromatic nitrogens is 2. The third-order valence-corrected chi connectivity index (χ3v) is 7.78. The van der Waals surface area contributed by atoms with Crippen LogP contribution in [0.15, 0.2) is 93.4 Å². The van der Waals surface area contributed by atoms with Crippen LogP contribution in [0.4, 0.5) is 5.69 Å². The van der Waals surface area contributed by atoms with Crippen LogP contribution in [-0.2, 0) is 0 Å². The summed E-state index contributed by atoms with van der Waals surface area (Å²) in [6, 6.07) is 24.9. The summed E-state index contributed by atoms with van der Waals surface area (Å²) in [7, 11) is 0. The molecule has 1 atom stereocenters. The summed E-state index contributed by atoms with van der Waals surface area (Å²) in [6.07, 6.45) is 3.71. The van der Waals surface area contributed by atoms with Gasteiger partial charge in [0.25, 0.3) is 5.56 Å². The van der Waals surface area contributed by atoms with E-state index < -0.39 is 11.6 Å². The Morgan fingerprint density at radius 3 is 2.17 bits per heavy atom. The third-order valence-electron chi connectivity index (χ3n) is 6.19. The van der Waals surface area contributed by atoms with Gasteiger partial charge in [0, 0.05) is 29.6 Å². The van der Waals surface area contributed by atoms with E-state index in [1.165, 1.54) is 29.6 Å². The van der Waals surface area contributed by atoms with Crippen molar-refractivity contribution >= 4 is 29.1 Å². The number of hydrogen-bond acceptors (Lipinski definition) is 5. The molecule has 182 valence electrons. The van der Waals surface area contributed by atoms with Crippen molar-refractivity contribution in [1.82, 2.24) is 15.9 Å². The van der Waals surface area contributed by atoms with Gasteiger partial charge in [0.1, 0.15) is 0 Å². The van der Waals surface area contributed by atoms with Crippen LogP contribution >= 0.6 is 23.4 Å². The van der Waals surface area contributed by atoms with E-state index in [9.17, 15) is 9.90 Å². The van der Waals surface area contributed by atoms with Gasteiger partial charge in [0.2, 0.25) is 0 Å². The highest BCUT2D eigenvalue weighted by molar-refractivity contribution is 7.99. The molecule has 0 amide bonds. The molecular formula is C27H28ClN4O2S-. The molecule has 4 N–H and O–H groups in total. The Labute approximate surface area is 214 Å². The number of aromatic amines is 1. The van der Waals surface area contributed by atoms with Gasteiger partial charge in [-0.05, 0) is 54.7 Å². The molecule has 1 saturated heterocycles. The highest BCUT2D eigenvalue weighted by Gasteiger charge is 2.21. The van der Waals surface area contributed by atoms with Gasteiger partial charge in [0.15, 0.2) is 0 Å². The fourth-order valence-corrected chi connectivity index (χ4v) is 5.58. The Morgan fingerprint density at radius 2 is 1.49 bits per heavy atom. The van der Waals surface area contributed by atoms with Crippen LogP contribution in [0.2, 0.25) is 5.02 Å². The Balaban J connectivity index is 0.00000289. The Morgan fingerprint density at radius 1 is 0.857 bits per heavy atom. The first-order valence-electron chi connectivity index (χ1n) is 11.5. The number of nitrogens with zero attached hydrogens (tertiary/aromatic N) is 2. The van der Waals surface area contributed by atoms with Crippen LogP contribution in [0.5, 0.6) is 5.88 Å². The molecule has 6 nitrogen and oxygen atoms in total. The van der Waals surface area contributed by atoms with E-state index >= 15 is 0 Å². The molecule has 1 aliphatic heterocycles. The van der Waals surface area contributed by atoms with Crippen LogP contribution < -0.4 is 21.7 Å². The van der Waals surface area contributed by atoms with Gasteiger partial charge in [-0.2, -0.15) is 0 Å². The molecule has 2 heterocycles. The monoisotopic (exact) mass is 507 g/mol. The summed E-state index contributed by atoms with van der Waals surface area (Å²) in [5.41, 5.74) is 2.63. The second kappa shape index (κ2) is 11.1. The minimum absolute atomic E-state index is 0. The highest BCUT2D eigenvalue weighted by Crippen LogP contribution is 2.37. The fourth-order valence-electron chi connectivity index (χ4n) is 4.47. The molecule has 1 aliphatic rings. The molecule has 35 heavy (non-hydrogen) atoms. The molecule has 1 fully saturated rings. The first-order chi connectivity index (χ1) is 16.6. The largest absolute Gasteiger partial charge is 0.858 e. The molecule has 8 heteroatoms. The van der Waals surface area contributed by atoms with Gasteiger partial charge in [0.05, 0.1) is 16.0 Å². The van der Waals surface area contributed by atoms with Crippen molar-refractivity contribution < 1.29 is 5.11 Å². The fraction of sp³-hybridized carbons (Fsp3) is 0.222. The molecule has 0 saturated carbocycles. The number of H-pyrrole nitrogens is 1. The summed E-state index contributed by atoms with van der Waals surface area (Å²) in [5, 5.41) is 16.8. The van der Waals surface area contributed by atoms with Crippen molar-refractivity contribution in [2.45, 2.75) is 35.1 Å². The summed E-state index contributed by atoms with van der Waals surface area (Å²) >= 11 is 7.37. The van der Waals surface area contributed by atoms with Gasteiger partial charge in [-0.25, -0.2) is 0 Å². The smallest absolute Gasteiger partial charge is 0.277 e. The molecule has 5 rings (SSSR count). The van der Waals surface area contributed by atoms with E-state index in [2.05, 4.69) is 34.3 Å². The minimum Gasteiger partial charge on any atom is -0.858 e. The number of benzene rings is 3. The van der Waals surface area contributed by atoms with Gasteiger partial charge >= 0.3 is 0 Å². The minimum atomic E-state index is -0.447. The van der Waals surface area contributed by atoms with E-state index in [0.29, 0.717) is 9.92 Å². The molecule has 1 unspecified atom stereocenters. The number of anilines is 1. The quantitative estimate of drug-likeness (QED) is 0.341. The maximum Gasteiger partial charge on any atom is 0.277 e. The zero-order valence-corrected chi connectivity index (χ0v) is 20.9. The third kappa shape index (κ3) is 5.27. The molecule has 0 aliphatic carbocycles. The predicted octanol–water partition coefficient (Wildman–Crippen LogP) is 5.84. The van der Waals surface area contributed by atoms with E-state index in [1.807, 2.05) is 42.5 Å². The van der Waals surface area contributed by atoms with E-state index in [4.69, 9.17) is 11.6 Å². The average molecular weight is 508 g/mol. The lowest BCUT2D eigenvalue weighted by Gasteiger charge is -2.29. The SMILES string of the molecule is N.O=c1[nH]n(C(c2ccccc2)c2ccc(N3CCCCC3)cc2)c([O-])c1Sc1ccccc1Cl. The number of nitrogens with one attached hydrogen (secondary N) is 1. The average Bonchev–Trinajstić information content (AvgIpc) is 3.15. The zero-order valence-electron chi connectivity index (χ0n) is 19.3. The summed E-state index contributed by atoms with van der Waals surface area (Å²) in [5.74, 6) is -0.358. The normalized spacial score (nSPS) is 14.4. The van der Waals surface area contributed by atoms with Crippen molar-refractivity contribution in [3.8, 4) is 5.88 Å². The second-order valence-corrected chi connectivity index (χ2v) is 9.89. The van der Waals surface area contributed by atoms with Gasteiger partial charge in [-0.3, -0.25) is 14.6 Å². The second-order valence-electron chi connectivity index (χ2n) is 8.43. The van der Waals surface area contributed by atoms with E-state index in [-0.39, 0.29) is 16.9 Å². The standard InChI is InChI=1S/C27H26ClN3O2S.H3N/c28-22-11-5-6-12-23(22)34-25-26(32)29-31(27(25)33)24(19-9-3-1-4-10-19)20-13-15-21(16-14-20)30-17-7-2-8-18-30;/h1,3-6,9-16,24,33H,2,7-8,17-18H2,(H,29,32);1H3/p-1. The van der Waals surface area contributed by atoms with Crippen LogP contribution in [0.1, 0.15) is 36.4 Å². The number of piperidine rings is 1. The van der Waals surface area contributed by atoms with Gasteiger partial charge < -0.3 is 16.2 Å². The van der Waals surface area contributed by atoms with Crippen LogP contribution in [0.3, 0.4) is 0 Å². The molecule has 0 bridgehead atoms. The van der Waals surface area contributed by atoms with Crippen molar-refractivity contribution in [2.75, 3.05) is 18.0 Å².